The van der Waals surface area contributed by atoms with E-state index < -0.39 is 6.10 Å². The minimum atomic E-state index is -0.625. The molecule has 3 rings (SSSR count). The summed E-state index contributed by atoms with van der Waals surface area (Å²) in [5.41, 5.74) is 3.19. The summed E-state index contributed by atoms with van der Waals surface area (Å²) in [4.78, 5) is 26.8. The number of phenolic OH excluding ortho intramolecular Hbond substituents is 1. The highest BCUT2D eigenvalue weighted by Gasteiger charge is 2.27. The van der Waals surface area contributed by atoms with Gasteiger partial charge in [0.25, 0.3) is 11.8 Å². The number of ether oxygens (including phenoxy) is 2. The topological polar surface area (TPSA) is 88.1 Å². The van der Waals surface area contributed by atoms with Crippen LogP contribution in [0.25, 0.3) is 0 Å². The van der Waals surface area contributed by atoms with Crippen molar-refractivity contribution in [3.63, 3.8) is 0 Å². The summed E-state index contributed by atoms with van der Waals surface area (Å²) in [5.74, 6) is 1.21. The standard InChI is InChI=1S/C25H32N2O5/c1-16-5-6-17(2)24(18(16)3)31-15-23(29)26-20-11-13-27(14-12-20)25(30)19(4)32-22-9-7-21(28)8-10-22/h5-10,19-20,28H,11-15H2,1-4H3,(H,26,29). The predicted molar refractivity (Wildman–Crippen MR) is 122 cm³/mol. The minimum Gasteiger partial charge on any atom is -0.508 e. The fraction of sp³-hybridized carbons (Fsp3) is 0.440. The van der Waals surface area contributed by atoms with Gasteiger partial charge in [-0.2, -0.15) is 0 Å². The molecule has 1 unspecified atom stereocenters. The lowest BCUT2D eigenvalue weighted by Crippen LogP contribution is -2.50. The predicted octanol–water partition coefficient (Wildman–Crippen LogP) is 3.27. The van der Waals surface area contributed by atoms with Crippen molar-refractivity contribution in [1.29, 1.82) is 0 Å². The fourth-order valence-electron chi connectivity index (χ4n) is 3.84. The quantitative estimate of drug-likeness (QED) is 0.690. The Balaban J connectivity index is 1.43. The molecule has 2 amide bonds. The van der Waals surface area contributed by atoms with E-state index in [-0.39, 0.29) is 30.2 Å². The first-order valence-electron chi connectivity index (χ1n) is 11.0. The summed E-state index contributed by atoms with van der Waals surface area (Å²) in [5, 5.41) is 12.4. The van der Waals surface area contributed by atoms with Gasteiger partial charge >= 0.3 is 0 Å². The summed E-state index contributed by atoms with van der Waals surface area (Å²) in [6.07, 6.45) is 0.748. The number of likely N-dealkylation sites (tertiary alicyclic amines) is 1. The Morgan fingerprint density at radius 2 is 1.69 bits per heavy atom. The second-order valence-electron chi connectivity index (χ2n) is 8.36. The molecule has 1 fully saturated rings. The van der Waals surface area contributed by atoms with Crippen LogP contribution in [-0.4, -0.2) is 53.7 Å². The van der Waals surface area contributed by atoms with E-state index in [2.05, 4.69) is 5.32 Å². The van der Waals surface area contributed by atoms with Gasteiger partial charge in [0.15, 0.2) is 12.7 Å². The van der Waals surface area contributed by atoms with Crippen molar-refractivity contribution in [1.82, 2.24) is 10.2 Å². The Morgan fingerprint density at radius 3 is 2.34 bits per heavy atom. The second kappa shape index (κ2) is 10.4. The van der Waals surface area contributed by atoms with Crippen molar-refractivity contribution in [3.8, 4) is 17.2 Å². The van der Waals surface area contributed by atoms with Gasteiger partial charge in [-0.1, -0.05) is 12.1 Å². The van der Waals surface area contributed by atoms with Crippen molar-refractivity contribution < 1.29 is 24.2 Å². The number of carbonyl (C=O) groups excluding carboxylic acids is 2. The van der Waals surface area contributed by atoms with Crippen molar-refractivity contribution in [2.45, 2.75) is 52.7 Å². The van der Waals surface area contributed by atoms with Gasteiger partial charge in [-0.15, -0.1) is 0 Å². The largest absolute Gasteiger partial charge is 0.508 e. The molecule has 2 aromatic rings. The first-order valence-corrected chi connectivity index (χ1v) is 11.0. The van der Waals surface area contributed by atoms with Gasteiger partial charge in [0.05, 0.1) is 0 Å². The number of aryl methyl sites for hydroxylation is 2. The Kier molecular flexibility index (Phi) is 7.62. The van der Waals surface area contributed by atoms with E-state index in [1.807, 2.05) is 32.9 Å². The average Bonchev–Trinajstić information content (AvgIpc) is 2.78. The Hall–Kier alpha value is -3.22. The maximum atomic E-state index is 12.7. The average molecular weight is 441 g/mol. The van der Waals surface area contributed by atoms with E-state index in [0.717, 1.165) is 22.4 Å². The lowest BCUT2D eigenvalue weighted by Gasteiger charge is -2.33. The number of nitrogens with one attached hydrogen (secondary N) is 1. The molecule has 0 radical (unpaired) electrons. The van der Waals surface area contributed by atoms with Crippen LogP contribution in [0.3, 0.4) is 0 Å². The number of aromatic hydroxyl groups is 1. The summed E-state index contributed by atoms with van der Waals surface area (Å²) in [6.45, 7) is 8.80. The molecule has 172 valence electrons. The lowest BCUT2D eigenvalue weighted by atomic mass is 10.0. The van der Waals surface area contributed by atoms with Crippen LogP contribution in [0.1, 0.15) is 36.5 Å². The van der Waals surface area contributed by atoms with Gasteiger partial charge in [0.2, 0.25) is 0 Å². The molecule has 0 aromatic heterocycles. The highest BCUT2D eigenvalue weighted by atomic mass is 16.5. The lowest BCUT2D eigenvalue weighted by molar-refractivity contribution is -0.139. The normalized spacial score (nSPS) is 15.2. The number of hydrogen-bond donors (Lipinski definition) is 2. The number of piperidine rings is 1. The molecule has 2 aromatic carbocycles. The van der Waals surface area contributed by atoms with Gasteiger partial charge in [0.1, 0.15) is 17.2 Å². The first kappa shape index (κ1) is 23.4. The summed E-state index contributed by atoms with van der Waals surface area (Å²) < 4.78 is 11.5. The zero-order valence-corrected chi connectivity index (χ0v) is 19.2. The maximum absolute atomic E-state index is 12.7. The molecule has 2 N–H and O–H groups in total. The van der Waals surface area contributed by atoms with Crippen molar-refractivity contribution in [3.05, 3.63) is 53.1 Å². The third-order valence-electron chi connectivity index (χ3n) is 5.89. The molecular weight excluding hydrogens is 408 g/mol. The Labute approximate surface area is 189 Å². The molecule has 0 bridgehead atoms. The van der Waals surface area contributed by atoms with E-state index in [4.69, 9.17) is 9.47 Å². The third kappa shape index (κ3) is 5.93. The summed E-state index contributed by atoms with van der Waals surface area (Å²) >= 11 is 0. The number of nitrogens with zero attached hydrogens (tertiary/aromatic N) is 1. The number of phenols is 1. The van der Waals surface area contributed by atoms with Crippen molar-refractivity contribution >= 4 is 11.8 Å². The summed E-state index contributed by atoms with van der Waals surface area (Å²) in [7, 11) is 0. The monoisotopic (exact) mass is 440 g/mol. The highest BCUT2D eigenvalue weighted by Crippen LogP contribution is 2.25. The molecule has 1 atom stereocenters. The number of carbonyl (C=O) groups is 2. The zero-order valence-electron chi connectivity index (χ0n) is 19.2. The molecule has 1 heterocycles. The molecule has 32 heavy (non-hydrogen) atoms. The van der Waals surface area contributed by atoms with Crippen molar-refractivity contribution in [2.24, 2.45) is 0 Å². The minimum absolute atomic E-state index is 0.0168. The third-order valence-corrected chi connectivity index (χ3v) is 5.89. The SMILES string of the molecule is Cc1ccc(C)c(OCC(=O)NC2CCN(C(=O)C(C)Oc3ccc(O)cc3)CC2)c1C. The molecule has 0 spiro atoms. The zero-order chi connectivity index (χ0) is 23.3. The van der Waals surface area contributed by atoms with E-state index in [9.17, 15) is 14.7 Å². The smallest absolute Gasteiger partial charge is 0.263 e. The second-order valence-corrected chi connectivity index (χ2v) is 8.36. The Morgan fingerprint density at radius 1 is 1.06 bits per heavy atom. The number of hydrogen-bond acceptors (Lipinski definition) is 5. The van der Waals surface area contributed by atoms with Gasteiger partial charge in [-0.25, -0.2) is 0 Å². The maximum Gasteiger partial charge on any atom is 0.263 e. The molecule has 0 aliphatic carbocycles. The van der Waals surface area contributed by atoms with Crippen LogP contribution in [0, 0.1) is 20.8 Å². The van der Waals surface area contributed by atoms with Crippen LogP contribution in [0.15, 0.2) is 36.4 Å². The Bertz CT molecular complexity index is 950. The molecule has 7 heteroatoms. The first-order chi connectivity index (χ1) is 15.2. The van der Waals surface area contributed by atoms with Crippen LogP contribution in [0.4, 0.5) is 0 Å². The molecule has 1 aliphatic heterocycles. The number of amides is 2. The number of rotatable bonds is 7. The van der Waals surface area contributed by atoms with Crippen LogP contribution < -0.4 is 14.8 Å². The number of benzene rings is 2. The van der Waals surface area contributed by atoms with Crippen LogP contribution in [-0.2, 0) is 9.59 Å². The van der Waals surface area contributed by atoms with Crippen molar-refractivity contribution in [2.75, 3.05) is 19.7 Å². The fourth-order valence-corrected chi connectivity index (χ4v) is 3.84. The van der Waals surface area contributed by atoms with Gasteiger partial charge in [-0.3, -0.25) is 9.59 Å². The van der Waals surface area contributed by atoms with Gasteiger partial charge in [-0.05, 0) is 81.5 Å². The molecule has 1 saturated heterocycles. The molecular formula is C25H32N2O5. The van der Waals surface area contributed by atoms with E-state index >= 15 is 0 Å². The van der Waals surface area contributed by atoms with E-state index in [0.29, 0.717) is 31.7 Å². The van der Waals surface area contributed by atoms with Crippen LogP contribution in [0.5, 0.6) is 17.2 Å². The van der Waals surface area contributed by atoms with Gasteiger partial charge < -0.3 is 24.8 Å². The van der Waals surface area contributed by atoms with E-state index in [1.54, 1.807) is 24.0 Å². The summed E-state index contributed by atoms with van der Waals surface area (Å²) in [6, 6.07) is 10.4. The van der Waals surface area contributed by atoms with Crippen LogP contribution in [0.2, 0.25) is 0 Å². The molecule has 1 aliphatic rings. The van der Waals surface area contributed by atoms with E-state index in [1.165, 1.54) is 12.1 Å². The van der Waals surface area contributed by atoms with Crippen LogP contribution >= 0.6 is 0 Å². The molecule has 7 nitrogen and oxygen atoms in total. The van der Waals surface area contributed by atoms with Gasteiger partial charge in [0, 0.05) is 19.1 Å². The highest BCUT2D eigenvalue weighted by molar-refractivity contribution is 5.81. The molecule has 0 saturated carbocycles.